The Kier molecular flexibility index (Phi) is 6.92. The molecule has 0 radical (unpaired) electrons. The topological polar surface area (TPSA) is 129 Å². The zero-order valence-corrected chi connectivity index (χ0v) is 17.3. The molecule has 0 saturated heterocycles. The minimum Gasteiger partial charge on any atom is -0.497 e. The molecule has 0 saturated carbocycles. The summed E-state index contributed by atoms with van der Waals surface area (Å²) in [6.07, 6.45) is 1.65. The van der Waals surface area contributed by atoms with Gasteiger partial charge in [-0.3, -0.25) is 4.79 Å². The largest absolute Gasteiger partial charge is 0.497 e. The Balaban J connectivity index is 1.56. The lowest BCUT2D eigenvalue weighted by atomic mass is 10.2. The number of nitrogen functional groups attached to an aromatic ring is 1. The molecule has 2 heterocycles. The number of hydrogen-bond donors (Lipinski definition) is 3. The van der Waals surface area contributed by atoms with Crippen LogP contribution in [0.2, 0.25) is 0 Å². The SMILES string of the molecule is COc1ccc(OC)c(NC(=O)CSc2nnc(N/N=C/c3cccs3)n2N)c1. The highest BCUT2D eigenvalue weighted by Gasteiger charge is 2.14. The lowest BCUT2D eigenvalue weighted by Crippen LogP contribution is -2.17. The van der Waals surface area contributed by atoms with Gasteiger partial charge in [0, 0.05) is 10.9 Å². The first-order valence-corrected chi connectivity index (χ1v) is 10.1. The predicted octanol–water partition coefficient (Wildman–Crippen LogP) is 2.25. The van der Waals surface area contributed by atoms with Gasteiger partial charge < -0.3 is 20.6 Å². The molecule has 0 aliphatic heterocycles. The van der Waals surface area contributed by atoms with Crippen molar-refractivity contribution in [3.63, 3.8) is 0 Å². The zero-order valence-electron chi connectivity index (χ0n) is 15.7. The van der Waals surface area contributed by atoms with Crippen LogP contribution >= 0.6 is 23.1 Å². The number of hydrogen-bond acceptors (Lipinski definition) is 10. The fraction of sp³-hybridized carbons (Fsp3) is 0.176. The number of ether oxygens (including phenoxy) is 2. The lowest BCUT2D eigenvalue weighted by molar-refractivity contribution is -0.113. The van der Waals surface area contributed by atoms with E-state index in [1.54, 1.807) is 42.9 Å². The lowest BCUT2D eigenvalue weighted by Gasteiger charge is -2.11. The van der Waals surface area contributed by atoms with E-state index in [-0.39, 0.29) is 17.6 Å². The van der Waals surface area contributed by atoms with Crippen molar-refractivity contribution in [3.05, 3.63) is 40.6 Å². The molecule has 4 N–H and O–H groups in total. The minimum atomic E-state index is -0.255. The minimum absolute atomic E-state index is 0.0775. The molecule has 3 rings (SSSR count). The Hall–Kier alpha value is -3.25. The molecule has 0 aliphatic carbocycles. The van der Waals surface area contributed by atoms with Gasteiger partial charge in [0.25, 0.3) is 5.95 Å². The Bertz CT molecular complexity index is 989. The number of methoxy groups -OCH3 is 2. The molecule has 12 heteroatoms. The van der Waals surface area contributed by atoms with Crippen LogP contribution in [0.5, 0.6) is 11.5 Å². The Morgan fingerprint density at radius 3 is 2.93 bits per heavy atom. The molecule has 152 valence electrons. The molecule has 0 unspecified atom stereocenters. The van der Waals surface area contributed by atoms with Crippen molar-refractivity contribution in [2.75, 3.05) is 36.6 Å². The number of thiophene rings is 1. The number of nitrogens with two attached hydrogens (primary N) is 1. The van der Waals surface area contributed by atoms with Crippen LogP contribution in [-0.2, 0) is 4.79 Å². The van der Waals surface area contributed by atoms with Crippen molar-refractivity contribution in [2.24, 2.45) is 5.10 Å². The van der Waals surface area contributed by atoms with Crippen LogP contribution in [-0.4, -0.2) is 47.0 Å². The molecule has 0 spiro atoms. The van der Waals surface area contributed by atoms with Crippen molar-refractivity contribution >= 4 is 46.9 Å². The maximum atomic E-state index is 12.3. The van der Waals surface area contributed by atoms with Crippen LogP contribution < -0.4 is 26.1 Å². The molecule has 2 aromatic heterocycles. The average molecular weight is 434 g/mol. The van der Waals surface area contributed by atoms with Gasteiger partial charge in [-0.05, 0) is 23.6 Å². The number of carbonyl (C=O) groups is 1. The second-order valence-corrected chi connectivity index (χ2v) is 7.39. The highest BCUT2D eigenvalue weighted by molar-refractivity contribution is 7.99. The quantitative estimate of drug-likeness (QED) is 0.203. The molecule has 0 bridgehead atoms. The predicted molar refractivity (Wildman–Crippen MR) is 115 cm³/mol. The van der Waals surface area contributed by atoms with Gasteiger partial charge in [0.1, 0.15) is 11.5 Å². The molecule has 29 heavy (non-hydrogen) atoms. The Morgan fingerprint density at radius 1 is 1.34 bits per heavy atom. The number of carbonyl (C=O) groups excluding carboxylic acids is 1. The van der Waals surface area contributed by atoms with E-state index >= 15 is 0 Å². The summed E-state index contributed by atoms with van der Waals surface area (Å²) in [7, 11) is 3.08. The highest BCUT2D eigenvalue weighted by Crippen LogP contribution is 2.29. The summed E-state index contributed by atoms with van der Waals surface area (Å²) in [6, 6.07) is 9.00. The smallest absolute Gasteiger partial charge is 0.264 e. The van der Waals surface area contributed by atoms with Crippen LogP contribution in [0, 0.1) is 0 Å². The van der Waals surface area contributed by atoms with E-state index in [4.69, 9.17) is 15.3 Å². The summed E-state index contributed by atoms with van der Waals surface area (Å²) >= 11 is 2.70. The van der Waals surface area contributed by atoms with Gasteiger partial charge in [-0.15, -0.1) is 21.5 Å². The number of nitrogens with one attached hydrogen (secondary N) is 2. The second-order valence-electron chi connectivity index (χ2n) is 5.46. The van der Waals surface area contributed by atoms with E-state index in [1.807, 2.05) is 17.5 Å². The van der Waals surface area contributed by atoms with Crippen molar-refractivity contribution in [1.29, 1.82) is 0 Å². The van der Waals surface area contributed by atoms with Crippen LogP contribution in [0.3, 0.4) is 0 Å². The number of anilines is 2. The molecule has 1 aromatic carbocycles. The standard InChI is InChI=1S/C17H19N7O3S2/c1-26-11-5-6-14(27-2)13(8-11)20-15(25)10-29-17-23-22-16(24(17)18)21-19-9-12-4-3-7-28-12/h3-9H,10,18H2,1-2H3,(H,20,25)(H,21,22)/b19-9+. The molecular weight excluding hydrogens is 414 g/mol. The maximum Gasteiger partial charge on any atom is 0.264 e. The van der Waals surface area contributed by atoms with Gasteiger partial charge in [0.05, 0.1) is 31.9 Å². The molecule has 3 aromatic rings. The van der Waals surface area contributed by atoms with Crippen LogP contribution in [0.25, 0.3) is 0 Å². The number of aromatic nitrogens is 3. The maximum absolute atomic E-state index is 12.3. The van der Waals surface area contributed by atoms with Crippen LogP contribution in [0.15, 0.2) is 46.0 Å². The van der Waals surface area contributed by atoms with Gasteiger partial charge in [0.15, 0.2) is 0 Å². The molecular formula is C17H19N7O3S2. The van der Waals surface area contributed by atoms with Crippen molar-refractivity contribution in [1.82, 2.24) is 14.9 Å². The number of thioether (sulfide) groups is 1. The first kappa shape index (κ1) is 20.5. The average Bonchev–Trinajstić information content (AvgIpc) is 3.37. The molecule has 0 fully saturated rings. The van der Waals surface area contributed by atoms with Gasteiger partial charge in [-0.2, -0.15) is 5.10 Å². The molecule has 10 nitrogen and oxygen atoms in total. The van der Waals surface area contributed by atoms with E-state index in [0.29, 0.717) is 22.3 Å². The normalized spacial score (nSPS) is 10.8. The molecule has 0 aliphatic rings. The Morgan fingerprint density at radius 2 is 2.21 bits per heavy atom. The number of nitrogens with zero attached hydrogens (tertiary/aromatic N) is 4. The van der Waals surface area contributed by atoms with Gasteiger partial charge in [0.2, 0.25) is 11.1 Å². The third kappa shape index (κ3) is 5.39. The van der Waals surface area contributed by atoms with Crippen LogP contribution in [0.1, 0.15) is 4.88 Å². The summed E-state index contributed by atoms with van der Waals surface area (Å²) in [5, 5.41) is 17.1. The monoisotopic (exact) mass is 433 g/mol. The number of benzene rings is 1. The summed E-state index contributed by atoms with van der Waals surface area (Å²) in [4.78, 5) is 13.3. The molecule has 0 atom stereocenters. The van der Waals surface area contributed by atoms with Crippen molar-refractivity contribution in [3.8, 4) is 11.5 Å². The van der Waals surface area contributed by atoms with Gasteiger partial charge in [-0.1, -0.05) is 17.8 Å². The summed E-state index contributed by atoms with van der Waals surface area (Å²) in [5.74, 6) is 7.17. The second kappa shape index (κ2) is 9.80. The number of rotatable bonds is 9. The zero-order chi connectivity index (χ0) is 20.6. The Labute approximate surface area is 175 Å². The highest BCUT2D eigenvalue weighted by atomic mass is 32.2. The first-order chi connectivity index (χ1) is 14.1. The molecule has 1 amide bonds. The number of amides is 1. The summed E-state index contributed by atoms with van der Waals surface area (Å²) < 4.78 is 11.7. The summed E-state index contributed by atoms with van der Waals surface area (Å²) in [5.41, 5.74) is 3.23. The van der Waals surface area contributed by atoms with Crippen molar-refractivity contribution < 1.29 is 14.3 Å². The van der Waals surface area contributed by atoms with E-state index in [9.17, 15) is 4.79 Å². The van der Waals surface area contributed by atoms with Gasteiger partial charge in [-0.25, -0.2) is 10.1 Å². The van der Waals surface area contributed by atoms with E-state index in [0.717, 1.165) is 16.6 Å². The van der Waals surface area contributed by atoms with Crippen LogP contribution in [0.4, 0.5) is 11.6 Å². The van der Waals surface area contributed by atoms with E-state index < -0.39 is 0 Å². The van der Waals surface area contributed by atoms with Gasteiger partial charge >= 0.3 is 0 Å². The summed E-state index contributed by atoms with van der Waals surface area (Å²) in [6.45, 7) is 0. The fourth-order valence-corrected chi connectivity index (χ4v) is 3.44. The number of hydrazone groups is 1. The third-order valence-electron chi connectivity index (χ3n) is 3.58. The first-order valence-electron chi connectivity index (χ1n) is 8.28. The third-order valence-corrected chi connectivity index (χ3v) is 5.33. The van der Waals surface area contributed by atoms with E-state index in [2.05, 4.69) is 26.0 Å². The van der Waals surface area contributed by atoms with E-state index in [1.165, 1.54) is 11.8 Å². The fourth-order valence-electron chi connectivity index (χ4n) is 2.20. The van der Waals surface area contributed by atoms with Crippen molar-refractivity contribution in [2.45, 2.75) is 5.16 Å².